The highest BCUT2D eigenvalue weighted by Gasteiger charge is 2.22. The molecule has 1 aromatic heterocycles. The molecule has 196 valence electrons. The van der Waals surface area contributed by atoms with Crippen LogP contribution in [0.5, 0.6) is 5.75 Å². The third kappa shape index (κ3) is 6.27. The molecule has 0 radical (unpaired) electrons. The molecule has 3 N–H and O–H groups in total. The Bertz CT molecular complexity index is 1450. The van der Waals surface area contributed by atoms with Crippen LogP contribution in [0.1, 0.15) is 47.8 Å². The van der Waals surface area contributed by atoms with Crippen molar-refractivity contribution < 1.29 is 9.53 Å². The Balaban J connectivity index is 0.000000505. The van der Waals surface area contributed by atoms with Crippen LogP contribution in [-0.2, 0) is 24.5 Å². The number of fused-ring (bicyclic) bond motifs is 3. The Kier molecular flexibility index (Phi) is 8.89. The van der Waals surface area contributed by atoms with Gasteiger partial charge >= 0.3 is 0 Å². The van der Waals surface area contributed by atoms with E-state index in [9.17, 15) is 4.79 Å². The lowest BCUT2D eigenvalue weighted by Gasteiger charge is -2.15. The summed E-state index contributed by atoms with van der Waals surface area (Å²) in [6.07, 6.45) is 0. The summed E-state index contributed by atoms with van der Waals surface area (Å²) in [5.41, 5.74) is 11.8. The number of rotatable bonds is 6. The van der Waals surface area contributed by atoms with Crippen LogP contribution in [0, 0.1) is 6.92 Å². The minimum Gasteiger partial charge on any atom is -0.489 e. The number of aryl methyl sites for hydroxylation is 1. The zero-order valence-electron chi connectivity index (χ0n) is 21.7. The molecule has 0 unspecified atom stereocenters. The van der Waals surface area contributed by atoms with Gasteiger partial charge in [-0.25, -0.2) is 0 Å². The van der Waals surface area contributed by atoms with Crippen molar-refractivity contribution in [1.82, 2.24) is 20.1 Å². The van der Waals surface area contributed by atoms with Crippen LogP contribution in [0.15, 0.2) is 71.7 Å². The second-order valence-corrected chi connectivity index (χ2v) is 9.13. The first-order chi connectivity index (χ1) is 18.4. The molecular weight excluding hydrogens is 500 g/mol. The summed E-state index contributed by atoms with van der Waals surface area (Å²) in [5, 5.41) is 11.8. The lowest BCUT2D eigenvalue weighted by atomic mass is 10.00. The number of aliphatic imine (C=N–C) groups is 1. The zero-order valence-corrected chi connectivity index (χ0v) is 22.5. The smallest absolute Gasteiger partial charge is 0.216 e. The molecule has 0 saturated carbocycles. The zero-order chi connectivity index (χ0) is 27.1. The number of ether oxygens (including phenoxy) is 1. The summed E-state index contributed by atoms with van der Waals surface area (Å²) in [6.45, 7) is 7.43. The summed E-state index contributed by atoms with van der Waals surface area (Å²) in [7, 11) is 0. The minimum absolute atomic E-state index is 0.0394. The van der Waals surface area contributed by atoms with Gasteiger partial charge in [0.15, 0.2) is 5.82 Å². The Hall–Kier alpha value is -4.01. The molecular formula is C29H31ClN6O2. The highest BCUT2D eigenvalue weighted by Crippen LogP contribution is 2.30. The molecule has 0 aliphatic carbocycles. The summed E-state index contributed by atoms with van der Waals surface area (Å²) in [6, 6.07) is 21.8. The summed E-state index contributed by atoms with van der Waals surface area (Å²) >= 11 is 6.12. The third-order valence-electron chi connectivity index (χ3n) is 6.01. The molecule has 3 aromatic carbocycles. The van der Waals surface area contributed by atoms with Crippen LogP contribution >= 0.6 is 11.6 Å². The first-order valence-electron chi connectivity index (χ1n) is 12.4. The number of nitrogens with one attached hydrogen (secondary N) is 1. The highest BCUT2D eigenvalue weighted by atomic mass is 35.5. The molecule has 0 atom stereocenters. The van der Waals surface area contributed by atoms with Gasteiger partial charge < -0.3 is 15.8 Å². The fourth-order valence-electron chi connectivity index (χ4n) is 4.21. The molecule has 1 aliphatic heterocycles. The van der Waals surface area contributed by atoms with Crippen molar-refractivity contribution in [1.29, 1.82) is 0 Å². The molecule has 0 bridgehead atoms. The largest absolute Gasteiger partial charge is 0.489 e. The van der Waals surface area contributed by atoms with Crippen molar-refractivity contribution in [2.45, 2.75) is 40.5 Å². The number of hydrogen-bond donors (Lipinski definition) is 2. The number of nitrogens with zero attached hydrogens (tertiary/aromatic N) is 4. The molecule has 5 rings (SSSR count). The SMILES string of the molecule is CCNC(C)=O.Cc1nnc2n1-c1ccc(OCc3ccccc3CN)cc1C(c1ccc(Cl)cc1)=NC2. The standard InChI is InChI=1S/C25H22ClN5O.C4H9NO/c1-16-29-30-24-14-28-25(17-6-8-20(26)9-7-17)22-12-21(10-11-23(22)31(16)24)32-15-19-5-3-2-4-18(19)13-27;1-3-5-4(2)6/h2-12H,13-15,27H2,1H3;3H2,1-2H3,(H,5,6). The predicted molar refractivity (Wildman–Crippen MR) is 150 cm³/mol. The number of halogens is 1. The van der Waals surface area contributed by atoms with Gasteiger partial charge in [0.1, 0.15) is 24.7 Å². The second kappa shape index (κ2) is 12.5. The third-order valence-corrected chi connectivity index (χ3v) is 6.26. The number of benzene rings is 3. The molecule has 0 saturated heterocycles. The fraction of sp³-hybridized carbons (Fsp3) is 0.241. The lowest BCUT2D eigenvalue weighted by Crippen LogP contribution is -2.18. The molecule has 9 heteroatoms. The van der Waals surface area contributed by atoms with Gasteiger partial charge in [0, 0.05) is 36.2 Å². The van der Waals surface area contributed by atoms with Gasteiger partial charge in [0.05, 0.1) is 11.4 Å². The van der Waals surface area contributed by atoms with Crippen molar-refractivity contribution >= 4 is 23.2 Å². The van der Waals surface area contributed by atoms with Gasteiger partial charge in [0.2, 0.25) is 5.91 Å². The van der Waals surface area contributed by atoms with Gasteiger partial charge in [-0.3, -0.25) is 14.4 Å². The summed E-state index contributed by atoms with van der Waals surface area (Å²) in [5.74, 6) is 2.42. The van der Waals surface area contributed by atoms with Crippen LogP contribution in [0.3, 0.4) is 0 Å². The van der Waals surface area contributed by atoms with Crippen LogP contribution in [0.2, 0.25) is 5.02 Å². The maximum Gasteiger partial charge on any atom is 0.216 e. The number of carbonyl (C=O) groups is 1. The molecule has 38 heavy (non-hydrogen) atoms. The maximum absolute atomic E-state index is 9.93. The van der Waals surface area contributed by atoms with Crippen molar-refractivity contribution in [3.05, 3.63) is 106 Å². The lowest BCUT2D eigenvalue weighted by molar-refractivity contribution is -0.118. The van der Waals surface area contributed by atoms with Crippen molar-refractivity contribution in [2.75, 3.05) is 6.54 Å². The average Bonchev–Trinajstić information content (AvgIpc) is 3.20. The number of carbonyl (C=O) groups excluding carboxylic acids is 1. The Morgan fingerprint density at radius 1 is 1.08 bits per heavy atom. The Labute approximate surface area is 227 Å². The van der Waals surface area contributed by atoms with Crippen LogP contribution in [0.25, 0.3) is 5.69 Å². The van der Waals surface area contributed by atoms with E-state index in [2.05, 4.69) is 20.1 Å². The number of aromatic nitrogens is 3. The number of nitrogens with two attached hydrogens (primary N) is 1. The van der Waals surface area contributed by atoms with Crippen LogP contribution in [0.4, 0.5) is 0 Å². The topological polar surface area (TPSA) is 107 Å². The van der Waals surface area contributed by atoms with Crippen LogP contribution in [-0.4, -0.2) is 32.9 Å². The first-order valence-corrected chi connectivity index (χ1v) is 12.8. The van der Waals surface area contributed by atoms with E-state index < -0.39 is 0 Å². The van der Waals surface area contributed by atoms with Gasteiger partial charge in [-0.2, -0.15) is 0 Å². The molecule has 4 aromatic rings. The van der Waals surface area contributed by atoms with E-state index in [1.54, 1.807) is 0 Å². The van der Waals surface area contributed by atoms with E-state index in [1.807, 2.05) is 80.6 Å². The minimum atomic E-state index is 0.0394. The van der Waals surface area contributed by atoms with Crippen LogP contribution < -0.4 is 15.8 Å². The van der Waals surface area contributed by atoms with E-state index in [1.165, 1.54) is 6.92 Å². The molecule has 8 nitrogen and oxygen atoms in total. The normalized spacial score (nSPS) is 11.8. The second-order valence-electron chi connectivity index (χ2n) is 8.70. The van der Waals surface area contributed by atoms with E-state index >= 15 is 0 Å². The molecule has 1 amide bonds. The monoisotopic (exact) mass is 530 g/mol. The van der Waals surface area contributed by atoms with Crippen molar-refractivity contribution in [3.8, 4) is 11.4 Å². The Morgan fingerprint density at radius 3 is 2.47 bits per heavy atom. The molecule has 0 spiro atoms. The summed E-state index contributed by atoms with van der Waals surface area (Å²) < 4.78 is 8.22. The van der Waals surface area contributed by atoms with Crippen molar-refractivity contribution in [3.63, 3.8) is 0 Å². The van der Waals surface area contributed by atoms with Gasteiger partial charge in [-0.05, 0) is 55.3 Å². The molecule has 2 heterocycles. The van der Waals surface area contributed by atoms with Crippen molar-refractivity contribution in [2.24, 2.45) is 10.7 Å². The number of hydrogen-bond acceptors (Lipinski definition) is 6. The number of amides is 1. The van der Waals surface area contributed by atoms with Gasteiger partial charge in [-0.1, -0.05) is 48.0 Å². The Morgan fingerprint density at radius 2 is 1.82 bits per heavy atom. The van der Waals surface area contributed by atoms with E-state index in [-0.39, 0.29) is 5.91 Å². The quantitative estimate of drug-likeness (QED) is 0.374. The predicted octanol–water partition coefficient (Wildman–Crippen LogP) is 4.76. The van der Waals surface area contributed by atoms with E-state index in [0.717, 1.165) is 57.6 Å². The highest BCUT2D eigenvalue weighted by molar-refractivity contribution is 6.30. The van der Waals surface area contributed by atoms with Gasteiger partial charge in [0.25, 0.3) is 0 Å². The summed E-state index contributed by atoms with van der Waals surface area (Å²) in [4.78, 5) is 14.8. The fourth-order valence-corrected chi connectivity index (χ4v) is 4.33. The molecule has 1 aliphatic rings. The first kappa shape index (κ1) is 27.0. The van der Waals surface area contributed by atoms with Gasteiger partial charge in [-0.15, -0.1) is 10.2 Å². The maximum atomic E-state index is 9.93. The van der Waals surface area contributed by atoms with E-state index in [0.29, 0.717) is 24.7 Å². The average molecular weight is 531 g/mol. The van der Waals surface area contributed by atoms with E-state index in [4.69, 9.17) is 27.1 Å². The molecule has 0 fully saturated rings.